The van der Waals surface area contributed by atoms with Gasteiger partial charge in [-0.1, -0.05) is 395 Å². The Balaban J connectivity index is 0.00000203. The maximum Gasteiger partial charge on any atom is 2.00 e. The van der Waals surface area contributed by atoms with Crippen LogP contribution in [0.2, 0.25) is 0 Å². The summed E-state index contributed by atoms with van der Waals surface area (Å²) in [6.45, 7) is 12.1. The zero-order valence-electron chi connectivity index (χ0n) is 70.3. The van der Waals surface area contributed by atoms with E-state index in [0.717, 1.165) is 93.4 Å². The molecule has 0 aliphatic heterocycles. The van der Waals surface area contributed by atoms with Gasteiger partial charge in [-0.3, -0.25) is 4.99 Å². The molecule has 0 radical (unpaired) electrons. The van der Waals surface area contributed by atoms with Crippen molar-refractivity contribution in [1.29, 1.82) is 0 Å². The van der Waals surface area contributed by atoms with Crippen LogP contribution < -0.4 is 10.2 Å². The number of benzene rings is 4. The Labute approximate surface area is 682 Å². The first-order chi connectivity index (χ1) is 53.3. The maximum atomic E-state index is 11.0. The van der Waals surface area contributed by atoms with E-state index in [9.17, 15) is 19.8 Å². The van der Waals surface area contributed by atoms with Crippen LogP contribution in [0.25, 0.3) is 0 Å². The Morgan fingerprint density at radius 2 is 0.582 bits per heavy atom. The zero-order valence-corrected chi connectivity index (χ0v) is 71.3. The number of hydrogen-bond donors (Lipinski definition) is 4. The normalized spacial score (nSPS) is 11.1. The fraction of sp³-hybridized carbons (Fsp3) is 0.657. The van der Waals surface area contributed by atoms with Crippen molar-refractivity contribution in [3.05, 3.63) is 106 Å². The van der Waals surface area contributed by atoms with Crippen LogP contribution in [-0.2, 0) is 29.3 Å². The first-order valence-corrected chi connectivity index (χ1v) is 44.5. The Hall–Kier alpha value is -6.47. The van der Waals surface area contributed by atoms with Gasteiger partial charge in [-0.15, -0.1) is 23.7 Å². The SMILES string of the molecule is CCCCCC#CC(=Nc1ccccc1CCC#CCCCCCCCCCCCCCCCCCCCCCCCCC)C(CCCC)=Nc1ccccc1CCC#CCCCCCCCCCCCCCCCCCCCCCCCCC.Cc1ccc(O)c([O-])c1C(=O)O.Cc1ccc(O)c([O-])c1C(=O)O.[Ni+2]. The Morgan fingerprint density at radius 3 is 0.882 bits per heavy atom. The predicted octanol–water partition coefficient (Wildman–Crippen LogP) is 28.9. The molecule has 4 rings (SSSR count). The van der Waals surface area contributed by atoms with E-state index in [0.29, 0.717) is 11.1 Å². The Bertz CT molecular complexity index is 3160. The average Bonchev–Trinajstić information content (AvgIpc) is 0.856. The second-order valence-corrected chi connectivity index (χ2v) is 30.7. The number of hydrogen-bond acceptors (Lipinski definition) is 8. The van der Waals surface area contributed by atoms with E-state index in [2.05, 4.69) is 112 Å². The van der Waals surface area contributed by atoms with Crippen molar-refractivity contribution in [3.8, 4) is 58.5 Å². The third-order valence-electron chi connectivity index (χ3n) is 20.8. The van der Waals surface area contributed by atoms with Gasteiger partial charge < -0.3 is 30.6 Å². The topological polar surface area (TPSA) is 186 Å². The number of phenolic OH excluding ortho intramolecular Hbond substituents is 2. The van der Waals surface area contributed by atoms with E-state index in [-0.39, 0.29) is 27.6 Å². The molecule has 0 fully saturated rings. The van der Waals surface area contributed by atoms with E-state index < -0.39 is 34.9 Å². The summed E-state index contributed by atoms with van der Waals surface area (Å²) >= 11 is 0. The van der Waals surface area contributed by atoms with Gasteiger partial charge in [0.05, 0.1) is 28.2 Å². The van der Waals surface area contributed by atoms with Crippen LogP contribution >= 0.6 is 0 Å². The molecule has 110 heavy (non-hydrogen) atoms. The van der Waals surface area contributed by atoms with Gasteiger partial charge in [0.15, 0.2) is 0 Å². The quantitative estimate of drug-likeness (QED) is 0.0146. The average molecular weight is 1560 g/mol. The molecular formula is C99H152N2NiO8. The van der Waals surface area contributed by atoms with E-state index >= 15 is 0 Å². The van der Waals surface area contributed by atoms with Crippen molar-refractivity contribution in [3.63, 3.8) is 0 Å². The van der Waals surface area contributed by atoms with Crippen LogP contribution in [0.5, 0.6) is 23.0 Å². The molecule has 0 unspecified atom stereocenters. The first-order valence-electron chi connectivity index (χ1n) is 44.5. The summed E-state index contributed by atoms with van der Waals surface area (Å²) in [4.78, 5) is 31.8. The van der Waals surface area contributed by atoms with Crippen LogP contribution in [0.4, 0.5) is 11.4 Å². The van der Waals surface area contributed by atoms with Crippen molar-refractivity contribution in [2.45, 2.75) is 420 Å². The second kappa shape index (κ2) is 72.8. The van der Waals surface area contributed by atoms with Gasteiger partial charge >= 0.3 is 28.4 Å². The molecule has 0 bridgehead atoms. The molecule has 0 aromatic heterocycles. The molecule has 4 N–H and O–H groups in total. The van der Waals surface area contributed by atoms with E-state index in [1.54, 1.807) is 0 Å². The van der Waals surface area contributed by atoms with E-state index in [1.807, 2.05) is 0 Å². The van der Waals surface area contributed by atoms with Gasteiger partial charge in [0.2, 0.25) is 0 Å². The summed E-state index contributed by atoms with van der Waals surface area (Å²) in [6, 6.07) is 22.5. The van der Waals surface area contributed by atoms with Crippen molar-refractivity contribution in [2.24, 2.45) is 9.98 Å². The van der Waals surface area contributed by atoms with Crippen molar-refractivity contribution >= 4 is 34.7 Å². The summed E-state index contributed by atoms with van der Waals surface area (Å²) in [5, 5.41) is 56.9. The predicted molar refractivity (Wildman–Crippen MR) is 462 cm³/mol. The monoisotopic (exact) mass is 1560 g/mol. The fourth-order valence-electron chi connectivity index (χ4n) is 13.9. The van der Waals surface area contributed by atoms with Crippen LogP contribution in [-0.4, -0.2) is 43.8 Å². The summed E-state index contributed by atoms with van der Waals surface area (Å²) < 4.78 is 0. The number of carbonyl (C=O) groups is 2. The van der Waals surface area contributed by atoms with Gasteiger partial charge in [-0.2, -0.15) is 0 Å². The number of rotatable bonds is 61. The number of aryl methyl sites for hydroxylation is 4. The number of aliphatic imine (C=N–C) groups is 2. The van der Waals surface area contributed by atoms with Gasteiger partial charge in [0.1, 0.15) is 17.2 Å². The van der Waals surface area contributed by atoms with Crippen LogP contribution in [0.1, 0.15) is 437 Å². The minimum Gasteiger partial charge on any atom is -0.869 e. The molecule has 0 amide bonds. The summed E-state index contributed by atoms with van der Waals surface area (Å²) in [6.07, 6.45) is 78.6. The van der Waals surface area contributed by atoms with Crippen LogP contribution in [0.3, 0.4) is 0 Å². The Morgan fingerprint density at radius 1 is 0.327 bits per heavy atom. The molecule has 4 aromatic carbocycles. The fourth-order valence-corrected chi connectivity index (χ4v) is 13.9. The number of para-hydroxylation sites is 2. The summed E-state index contributed by atoms with van der Waals surface area (Å²) in [5.74, 6) is 15.8. The van der Waals surface area contributed by atoms with Gasteiger partial charge in [-0.05, 0) is 111 Å². The number of phenols is 2. The molecule has 0 saturated heterocycles. The molecule has 4 aromatic rings. The molecule has 0 saturated carbocycles. The molecular weight excluding hydrogens is 1400 g/mol. The Kier molecular flexibility index (Phi) is 67.2. The van der Waals surface area contributed by atoms with Crippen molar-refractivity contribution in [2.75, 3.05) is 0 Å². The summed E-state index contributed by atoms with van der Waals surface area (Å²) in [5.41, 5.74) is 6.35. The number of aromatic carboxylic acids is 2. The number of aromatic hydroxyl groups is 2. The minimum atomic E-state index is -1.31. The number of unbranched alkanes of at least 4 members (excludes halogenated alkanes) is 50. The number of carboxylic acids is 2. The first kappa shape index (κ1) is 102. The van der Waals surface area contributed by atoms with Gasteiger partial charge in [0.25, 0.3) is 0 Å². The molecule has 0 heterocycles. The standard InChI is InChI=1S/C83H138N2.2C8H8O4.Ni/c1-5-9-13-16-18-20-22-24-26-28-30-32-34-36-38-40-42-44-46-48-50-52-54-56-58-61-63-70-78-72-66-68-75-80(78)84-82(74-12-8-4)83(77-65-60-15-11-7-3)85-81-76-69-67-73-79(81)71-64-62-59-57-55-53-51-49-47-45-43-41-39-37-35-33-31-29-27-25-23-21-19-17-14-10-6-2;2*1-4-2-3-5(9)7(10)6(4)8(11)12;/h66-69,72-73,75-76H,5-57,60,63-64,70-71,74H2,1-4H3;2*2-3,9-10H,1H3,(H,11,12);/q;;;+2/p-2. The van der Waals surface area contributed by atoms with Gasteiger partial charge in [-0.25, -0.2) is 14.6 Å². The zero-order chi connectivity index (χ0) is 79.1. The van der Waals surface area contributed by atoms with E-state index in [1.165, 1.54) is 357 Å². The smallest absolute Gasteiger partial charge is 0.869 e. The molecule has 11 heteroatoms. The number of carboxylic acid groups (broad SMARTS) is 2. The van der Waals surface area contributed by atoms with E-state index in [4.69, 9.17) is 30.4 Å². The van der Waals surface area contributed by atoms with Crippen molar-refractivity contribution in [1.82, 2.24) is 0 Å². The molecule has 0 aliphatic rings. The second-order valence-electron chi connectivity index (χ2n) is 30.7. The van der Waals surface area contributed by atoms with Crippen molar-refractivity contribution < 1.29 is 56.7 Å². The number of nitrogens with zero attached hydrogens (tertiary/aromatic N) is 2. The minimum absolute atomic E-state index is 0. The molecule has 0 atom stereocenters. The maximum absolute atomic E-state index is 11.0. The molecule has 10 nitrogen and oxygen atoms in total. The van der Waals surface area contributed by atoms with Gasteiger partial charge in [0, 0.05) is 32.1 Å². The third-order valence-corrected chi connectivity index (χ3v) is 20.8. The largest absolute Gasteiger partial charge is 2.00 e. The van der Waals surface area contributed by atoms with Crippen LogP contribution in [0, 0.1) is 49.4 Å². The molecule has 616 valence electrons. The summed E-state index contributed by atoms with van der Waals surface area (Å²) in [7, 11) is 0. The molecule has 0 aliphatic carbocycles. The third kappa shape index (κ3) is 53.5. The van der Waals surface area contributed by atoms with Crippen LogP contribution in [0.15, 0.2) is 82.8 Å². The molecule has 0 spiro atoms.